The monoisotopic (exact) mass is 496 g/mol. The van der Waals surface area contributed by atoms with Crippen LogP contribution >= 0.6 is 20.6 Å². The maximum atomic E-state index is 13.1. The first-order valence-corrected chi connectivity index (χ1v) is 13.4. The van der Waals surface area contributed by atoms with Crippen LogP contribution < -0.4 is 0 Å². The second kappa shape index (κ2) is 6.44. The third-order valence-corrected chi connectivity index (χ3v) is 11.8. The summed E-state index contributed by atoms with van der Waals surface area (Å²) in [6, 6.07) is 4.21. The van der Waals surface area contributed by atoms with Crippen molar-refractivity contribution in [3.63, 3.8) is 0 Å². The Morgan fingerprint density at radius 1 is 0.857 bits per heavy atom. The third kappa shape index (κ3) is 2.83. The zero-order valence-corrected chi connectivity index (χ0v) is 19.1. The summed E-state index contributed by atoms with van der Waals surface area (Å²) in [4.78, 5) is 26.2. The molecule has 0 N–H and O–H groups in total. The topological polar surface area (TPSA) is 52.6 Å². The van der Waals surface area contributed by atoms with Gasteiger partial charge in [0, 0.05) is 0 Å². The summed E-state index contributed by atoms with van der Waals surface area (Å²) < 4.78 is 13.3. The summed E-state index contributed by atoms with van der Waals surface area (Å²) >= 11 is -2.88. The Morgan fingerprint density at radius 3 is 1.64 bits per heavy atom. The van der Waals surface area contributed by atoms with E-state index in [9.17, 15) is 9.59 Å². The fourth-order valence-electron chi connectivity index (χ4n) is 6.20. The second-order valence-electron chi connectivity index (χ2n) is 9.85. The van der Waals surface area contributed by atoms with Crippen molar-refractivity contribution in [1.82, 2.24) is 0 Å². The molecular formula is C23H29IO4. The zero-order valence-electron chi connectivity index (χ0n) is 17.0. The molecule has 0 unspecified atom stereocenters. The number of hydrogen-bond donors (Lipinski definition) is 0. The molecule has 0 aromatic heterocycles. The van der Waals surface area contributed by atoms with Gasteiger partial charge in [0.05, 0.1) is 0 Å². The molecular weight excluding hydrogens is 467 g/mol. The zero-order chi connectivity index (χ0) is 19.7. The van der Waals surface area contributed by atoms with Crippen molar-refractivity contribution in [2.45, 2.75) is 72.1 Å². The Hall–Kier alpha value is -1.11. The van der Waals surface area contributed by atoms with Crippen molar-refractivity contribution in [2.75, 3.05) is 0 Å². The second-order valence-corrected chi connectivity index (χ2v) is 13.0. The molecule has 1 aromatic carbocycles. The summed E-state index contributed by atoms with van der Waals surface area (Å²) in [6.07, 6.45) is 7.98. The van der Waals surface area contributed by atoms with Crippen LogP contribution in [0.25, 0.3) is 0 Å². The van der Waals surface area contributed by atoms with Crippen molar-refractivity contribution in [1.29, 1.82) is 0 Å². The van der Waals surface area contributed by atoms with Gasteiger partial charge in [-0.05, 0) is 0 Å². The molecule has 0 saturated heterocycles. The molecule has 1 aromatic rings. The predicted octanol–water partition coefficient (Wildman–Crippen LogP) is 5.58. The molecule has 5 heteroatoms. The minimum atomic E-state index is -2.88. The first kappa shape index (κ1) is 18.9. The van der Waals surface area contributed by atoms with Crippen molar-refractivity contribution >= 4 is 32.6 Å². The first-order chi connectivity index (χ1) is 13.3. The summed E-state index contributed by atoms with van der Waals surface area (Å²) in [6.45, 7) is 6.15. The van der Waals surface area contributed by atoms with E-state index < -0.39 is 20.6 Å². The summed E-state index contributed by atoms with van der Waals surface area (Å²) in [7, 11) is 0. The van der Waals surface area contributed by atoms with Gasteiger partial charge in [-0.25, -0.2) is 0 Å². The molecule has 0 atom stereocenters. The molecule has 4 bridgehead atoms. The molecule has 28 heavy (non-hydrogen) atoms. The Labute approximate surface area is 175 Å². The number of fused-ring (bicyclic) bond motifs is 2. The van der Waals surface area contributed by atoms with E-state index in [1.54, 1.807) is 0 Å². The quantitative estimate of drug-likeness (QED) is 0.500. The van der Waals surface area contributed by atoms with Gasteiger partial charge in [-0.2, -0.15) is 0 Å². The average molecular weight is 496 g/mol. The normalized spacial score (nSPS) is 35.0. The Morgan fingerprint density at radius 2 is 1.29 bits per heavy atom. The maximum absolute atomic E-state index is 13.1. The molecule has 7 rings (SSSR count). The van der Waals surface area contributed by atoms with E-state index in [0.29, 0.717) is 11.8 Å². The van der Waals surface area contributed by atoms with E-state index in [2.05, 4.69) is 19.1 Å². The van der Waals surface area contributed by atoms with Crippen LogP contribution in [0.15, 0.2) is 12.1 Å². The van der Waals surface area contributed by atoms with Gasteiger partial charge < -0.3 is 0 Å². The van der Waals surface area contributed by atoms with Gasteiger partial charge >= 0.3 is 176 Å². The van der Waals surface area contributed by atoms with Crippen LogP contribution in [0.5, 0.6) is 0 Å². The fourth-order valence-corrected chi connectivity index (χ4v) is 10.1. The van der Waals surface area contributed by atoms with Gasteiger partial charge in [0.1, 0.15) is 0 Å². The molecule has 0 heterocycles. The molecule has 6 aliphatic rings. The van der Waals surface area contributed by atoms with Gasteiger partial charge in [0.25, 0.3) is 0 Å². The Bertz CT molecular complexity index is 772. The average Bonchev–Trinajstić information content (AvgIpc) is 3.32. The van der Waals surface area contributed by atoms with E-state index >= 15 is 0 Å². The standard InChI is InChI=1S/C23H29IO4/c1-14-8-15(2)19(16(3)9-14)24(27-20(25)22-6-4-17(10-22)11-22)28-21(26)23-7-5-18(12-23)13-23/h8-9,17-18H,4-7,10-13H2,1-3H3. The fraction of sp³-hybridized carbons (Fsp3) is 0.652. The van der Waals surface area contributed by atoms with Gasteiger partial charge in [-0.1, -0.05) is 0 Å². The molecule has 0 aliphatic heterocycles. The van der Waals surface area contributed by atoms with E-state index in [0.717, 1.165) is 66.1 Å². The Kier molecular flexibility index (Phi) is 4.35. The van der Waals surface area contributed by atoms with Crippen LogP contribution in [-0.4, -0.2) is 11.9 Å². The summed E-state index contributed by atoms with van der Waals surface area (Å²) in [5.74, 6) is 1.19. The van der Waals surface area contributed by atoms with E-state index in [1.165, 1.54) is 5.56 Å². The van der Waals surface area contributed by atoms with Crippen LogP contribution in [0.1, 0.15) is 68.1 Å². The summed E-state index contributed by atoms with van der Waals surface area (Å²) in [5, 5.41) is 0. The minimum absolute atomic E-state index is 0.103. The molecule has 152 valence electrons. The number of rotatable bonds is 5. The van der Waals surface area contributed by atoms with Crippen molar-refractivity contribution in [3.05, 3.63) is 32.4 Å². The van der Waals surface area contributed by atoms with E-state index in [4.69, 9.17) is 6.13 Å². The Balaban J connectivity index is 1.42. The number of halogens is 1. The van der Waals surface area contributed by atoms with Crippen molar-refractivity contribution in [3.8, 4) is 0 Å². The molecule has 0 spiro atoms. The SMILES string of the molecule is Cc1cc(C)c(I(OC(=O)C23CCC(C2)C3)OC(=O)C23CCC(C2)C3)c(C)c1. The third-order valence-electron chi connectivity index (χ3n) is 7.66. The van der Waals surface area contributed by atoms with Crippen molar-refractivity contribution in [2.24, 2.45) is 22.7 Å². The number of hydrogen-bond acceptors (Lipinski definition) is 4. The van der Waals surface area contributed by atoms with Crippen LogP contribution in [0.4, 0.5) is 0 Å². The van der Waals surface area contributed by atoms with Gasteiger partial charge in [-0.3, -0.25) is 0 Å². The van der Waals surface area contributed by atoms with Gasteiger partial charge in [0.2, 0.25) is 0 Å². The van der Waals surface area contributed by atoms with E-state index in [1.807, 2.05) is 13.8 Å². The van der Waals surface area contributed by atoms with Crippen LogP contribution in [0, 0.1) is 47.0 Å². The molecule has 4 nitrogen and oxygen atoms in total. The molecule has 6 aliphatic carbocycles. The number of aryl methyl sites for hydroxylation is 3. The number of benzene rings is 1. The summed E-state index contributed by atoms with van der Waals surface area (Å²) in [5.41, 5.74) is 2.77. The van der Waals surface area contributed by atoms with Crippen molar-refractivity contribution < 1.29 is 15.7 Å². The van der Waals surface area contributed by atoms with E-state index in [-0.39, 0.29) is 22.8 Å². The van der Waals surface area contributed by atoms with Gasteiger partial charge in [0.15, 0.2) is 0 Å². The number of carbonyl (C=O) groups excluding carboxylic acids is 2. The van der Waals surface area contributed by atoms with Crippen LogP contribution in [0.3, 0.4) is 0 Å². The van der Waals surface area contributed by atoms with Crippen LogP contribution in [0.2, 0.25) is 0 Å². The predicted molar refractivity (Wildman–Crippen MR) is 114 cm³/mol. The molecule has 0 radical (unpaired) electrons. The van der Waals surface area contributed by atoms with Crippen LogP contribution in [-0.2, 0) is 15.7 Å². The number of carbonyl (C=O) groups is 2. The molecule has 0 amide bonds. The molecule has 6 saturated carbocycles. The first-order valence-electron chi connectivity index (χ1n) is 10.5. The molecule has 6 fully saturated rings. The van der Waals surface area contributed by atoms with Gasteiger partial charge in [-0.15, -0.1) is 0 Å².